The van der Waals surface area contributed by atoms with E-state index >= 15 is 0 Å². The molecule has 0 aromatic heterocycles. The Balaban J connectivity index is 1.97. The maximum absolute atomic E-state index is 10.2. The van der Waals surface area contributed by atoms with E-state index < -0.39 is 33.1 Å². The van der Waals surface area contributed by atoms with Gasteiger partial charge in [-0.3, -0.25) is 0 Å². The molecule has 1 aliphatic heterocycles. The van der Waals surface area contributed by atoms with Crippen LogP contribution in [0.2, 0.25) is 3.93 Å². The van der Waals surface area contributed by atoms with Crippen LogP contribution in [0.25, 0.3) is 0 Å². The Hall–Kier alpha value is 0.512. The van der Waals surface area contributed by atoms with E-state index in [2.05, 4.69) is 0 Å². The van der Waals surface area contributed by atoms with Gasteiger partial charge in [0.25, 0.3) is 0 Å². The van der Waals surface area contributed by atoms with Crippen LogP contribution in [-0.4, -0.2) is 22.9 Å². The van der Waals surface area contributed by atoms with E-state index in [0.29, 0.717) is 6.61 Å². The molecule has 1 fully saturated rings. The first-order chi connectivity index (χ1) is 4.33. The predicted molar refractivity (Wildman–Crippen MR) is 25.3 cm³/mol. The molecule has 1 rings (SSSR count). The summed E-state index contributed by atoms with van der Waals surface area (Å²) >= 11 is -2.26. The van der Waals surface area contributed by atoms with Crippen LogP contribution in [-0.2, 0) is 37.8 Å². The van der Waals surface area contributed by atoms with Crippen LogP contribution < -0.4 is 0 Å². The molecule has 0 atom stereocenters. The molecule has 0 radical (unpaired) electrons. The van der Waals surface area contributed by atoms with Crippen molar-refractivity contribution in [2.75, 3.05) is 13.7 Å². The molecule has 0 aliphatic carbocycles. The first-order valence-corrected chi connectivity index (χ1v) is 12.5. The van der Waals surface area contributed by atoms with Crippen LogP contribution in [0.1, 0.15) is 0 Å². The molecular formula is C3H7HgO4Si-. The first-order valence-electron chi connectivity index (χ1n) is 2.89. The second-order valence-corrected chi connectivity index (χ2v) is 16.6. The minimum absolute atomic E-state index is 0.686. The molecule has 0 saturated carbocycles. The van der Waals surface area contributed by atoms with Gasteiger partial charge in [0.2, 0.25) is 0 Å². The van der Waals surface area contributed by atoms with Crippen molar-refractivity contribution >= 4 is 9.17 Å². The molecule has 4 nitrogen and oxygen atoms in total. The number of methoxy groups -OCH3 is 1. The van der Waals surface area contributed by atoms with Gasteiger partial charge < -0.3 is 0 Å². The summed E-state index contributed by atoms with van der Waals surface area (Å²) in [6.45, 7) is 0.686. The second-order valence-electron chi connectivity index (χ2n) is 1.91. The summed E-state index contributed by atoms with van der Waals surface area (Å²) in [7, 11) is -0.338. The van der Waals surface area contributed by atoms with Crippen molar-refractivity contribution in [2.24, 2.45) is 0 Å². The predicted octanol–water partition coefficient (Wildman–Crippen LogP) is -0.0385. The number of ether oxygens (including phenoxy) is 1. The molecule has 1 aliphatic rings. The van der Waals surface area contributed by atoms with Crippen molar-refractivity contribution in [2.45, 2.75) is 3.93 Å². The van der Waals surface area contributed by atoms with Crippen molar-refractivity contribution in [3.8, 4) is 0 Å². The van der Waals surface area contributed by atoms with Crippen LogP contribution in [0.5, 0.6) is 0 Å². The van der Waals surface area contributed by atoms with Crippen molar-refractivity contribution < 1.29 is 37.8 Å². The zero-order chi connectivity index (χ0) is 6.69. The fourth-order valence-corrected chi connectivity index (χ4v) is 13.3. The quantitative estimate of drug-likeness (QED) is 0.679. The molecule has 0 N–H and O–H groups in total. The zero-order valence-electron chi connectivity index (χ0n) is 5.25. The molecule has 0 aromatic rings. The van der Waals surface area contributed by atoms with Crippen molar-refractivity contribution in [1.29, 1.82) is 0 Å². The molecule has 9 heavy (non-hydrogen) atoms. The number of hydrogen-bond donors (Lipinski definition) is 0. The molecule has 0 spiro atoms. The third-order valence-corrected chi connectivity index (χ3v) is 18.7. The number of rotatable bonds is 3. The summed E-state index contributed by atoms with van der Waals surface area (Å²) in [5, 5.41) is 0. The van der Waals surface area contributed by atoms with Gasteiger partial charge in [-0.2, -0.15) is 0 Å². The van der Waals surface area contributed by atoms with Crippen LogP contribution in [0.4, 0.5) is 0 Å². The molecular weight excluding hydrogens is 329 g/mol. The van der Waals surface area contributed by atoms with E-state index in [9.17, 15) is 4.46 Å². The topological polar surface area (TPSA) is 44.8 Å². The molecule has 0 bridgehead atoms. The van der Waals surface area contributed by atoms with E-state index in [4.69, 9.17) is 9.40 Å². The van der Waals surface area contributed by atoms with E-state index in [1.165, 1.54) is 0 Å². The van der Waals surface area contributed by atoms with Crippen molar-refractivity contribution in [1.82, 2.24) is 0 Å². The van der Waals surface area contributed by atoms with Gasteiger partial charge in [-0.25, -0.2) is 0 Å². The van der Waals surface area contributed by atoms with Crippen LogP contribution in [0.15, 0.2) is 0 Å². The summed E-state index contributed by atoms with van der Waals surface area (Å²) in [5.41, 5.74) is 0. The average molecular weight is 336 g/mol. The normalized spacial score (nSPS) is 16.1. The molecule has 0 amide bonds. The summed E-state index contributed by atoms with van der Waals surface area (Å²) in [6, 6.07) is 0. The summed E-state index contributed by atoms with van der Waals surface area (Å²) in [4.78, 5) is 0. The fraction of sp³-hybridized carbons (Fsp3) is 1.00. The molecule has 50 valence electrons. The summed E-state index contributed by atoms with van der Waals surface area (Å²) in [6.07, 6.45) is 0. The van der Waals surface area contributed by atoms with Gasteiger partial charge in [0.05, 0.1) is 0 Å². The van der Waals surface area contributed by atoms with Crippen LogP contribution >= 0.6 is 0 Å². The molecule has 0 aromatic carbocycles. The molecule has 1 heterocycles. The van der Waals surface area contributed by atoms with E-state index in [1.807, 2.05) is 0 Å². The average Bonchev–Trinajstić information content (AvgIpc) is 1.78. The SMILES string of the molecule is COC[CH2][Hg-]1[O][Si](=O)[O]1. The first kappa shape index (κ1) is 7.62. The third kappa shape index (κ3) is 2.31. The van der Waals surface area contributed by atoms with Gasteiger partial charge in [-0.15, -0.1) is 0 Å². The van der Waals surface area contributed by atoms with Gasteiger partial charge >= 0.3 is 64.6 Å². The summed E-state index contributed by atoms with van der Waals surface area (Å²) < 4.78 is 25.7. The Morgan fingerprint density at radius 2 is 2.33 bits per heavy atom. The summed E-state index contributed by atoms with van der Waals surface area (Å²) in [5.74, 6) is 0. The maximum atomic E-state index is 10.2. The standard InChI is InChI=1S/C3H7O.Hg.O3Si/c1-3-4-2;;1-4(2)3/h1,3H2,2H3;;/q;+1;-2. The Morgan fingerprint density at radius 1 is 1.67 bits per heavy atom. The third-order valence-electron chi connectivity index (χ3n) is 1.19. The van der Waals surface area contributed by atoms with Gasteiger partial charge in [-0.05, 0) is 0 Å². The van der Waals surface area contributed by atoms with Gasteiger partial charge in [0, 0.05) is 0 Å². The minimum atomic E-state index is -2.26. The molecule has 0 unspecified atom stereocenters. The number of hydrogen-bond acceptors (Lipinski definition) is 4. The van der Waals surface area contributed by atoms with Crippen molar-refractivity contribution in [3.05, 3.63) is 0 Å². The molecule has 6 heteroatoms. The molecule has 1 saturated heterocycles. The Labute approximate surface area is 64.6 Å². The van der Waals surface area contributed by atoms with E-state index in [1.54, 1.807) is 7.11 Å². The van der Waals surface area contributed by atoms with E-state index in [-0.39, 0.29) is 0 Å². The Morgan fingerprint density at radius 3 is 2.78 bits per heavy atom. The van der Waals surface area contributed by atoms with Crippen molar-refractivity contribution in [3.63, 3.8) is 0 Å². The van der Waals surface area contributed by atoms with E-state index in [0.717, 1.165) is 3.93 Å². The zero-order valence-corrected chi connectivity index (χ0v) is 11.8. The second kappa shape index (κ2) is 3.62. The van der Waals surface area contributed by atoms with Gasteiger partial charge in [-0.1, -0.05) is 0 Å². The fourth-order valence-electron chi connectivity index (χ4n) is 0.680. The van der Waals surface area contributed by atoms with Gasteiger partial charge in [0.15, 0.2) is 0 Å². The van der Waals surface area contributed by atoms with Gasteiger partial charge in [0.1, 0.15) is 0 Å². The monoisotopic (exact) mass is 337 g/mol. The Kier molecular flexibility index (Phi) is 3.07. The van der Waals surface area contributed by atoms with Crippen LogP contribution in [0.3, 0.4) is 0 Å². The van der Waals surface area contributed by atoms with Crippen LogP contribution in [0, 0.1) is 0 Å². The Bertz CT molecular complexity index is 110.